The molecule has 1 aliphatic rings. The van der Waals surface area contributed by atoms with Gasteiger partial charge in [-0.1, -0.05) is 31.2 Å². The van der Waals surface area contributed by atoms with Crippen LogP contribution in [0.1, 0.15) is 31.9 Å². The van der Waals surface area contributed by atoms with Crippen LogP contribution in [0, 0.1) is 0 Å². The molecule has 2 aromatic rings. The molecule has 1 saturated heterocycles. The van der Waals surface area contributed by atoms with Crippen molar-refractivity contribution in [2.45, 2.75) is 38.8 Å². The van der Waals surface area contributed by atoms with Gasteiger partial charge in [0, 0.05) is 24.5 Å². The molecule has 0 saturated carbocycles. The van der Waals surface area contributed by atoms with E-state index in [4.69, 9.17) is 4.98 Å². The standard InChI is InChI=1S/C18H25N3/c1-2-12-21(17-7-5-11-19-13-17)14-16-10-9-15-6-3-4-8-18(15)20-16/h3-4,6,8-10,17,19H,2,5,7,11-14H2,1H3. The third-order valence-corrected chi connectivity index (χ3v) is 4.32. The molecular formula is C18H25N3. The van der Waals surface area contributed by atoms with E-state index < -0.39 is 0 Å². The van der Waals surface area contributed by atoms with Gasteiger partial charge in [-0.15, -0.1) is 0 Å². The fourth-order valence-electron chi connectivity index (χ4n) is 3.23. The second kappa shape index (κ2) is 7.01. The SMILES string of the molecule is CCCN(Cc1ccc2ccccc2n1)C1CCCNC1. The van der Waals surface area contributed by atoms with Crippen LogP contribution in [-0.4, -0.2) is 35.6 Å². The number of aromatic nitrogens is 1. The smallest absolute Gasteiger partial charge is 0.0705 e. The Hall–Kier alpha value is -1.45. The van der Waals surface area contributed by atoms with Gasteiger partial charge in [0.15, 0.2) is 0 Å². The van der Waals surface area contributed by atoms with Gasteiger partial charge in [-0.25, -0.2) is 0 Å². The zero-order valence-corrected chi connectivity index (χ0v) is 12.9. The van der Waals surface area contributed by atoms with Gasteiger partial charge < -0.3 is 5.32 Å². The molecule has 112 valence electrons. The first-order chi connectivity index (χ1) is 10.4. The van der Waals surface area contributed by atoms with Crippen molar-refractivity contribution in [1.82, 2.24) is 15.2 Å². The minimum atomic E-state index is 0.659. The largest absolute Gasteiger partial charge is 0.315 e. The van der Waals surface area contributed by atoms with Gasteiger partial charge in [-0.2, -0.15) is 0 Å². The van der Waals surface area contributed by atoms with E-state index in [9.17, 15) is 0 Å². The van der Waals surface area contributed by atoms with Crippen LogP contribution in [0.15, 0.2) is 36.4 Å². The number of piperidine rings is 1. The molecule has 1 fully saturated rings. The molecule has 0 radical (unpaired) electrons. The Morgan fingerprint density at radius 1 is 1.24 bits per heavy atom. The number of benzene rings is 1. The Morgan fingerprint density at radius 2 is 2.14 bits per heavy atom. The zero-order valence-electron chi connectivity index (χ0n) is 12.9. The molecule has 0 amide bonds. The second-order valence-corrected chi connectivity index (χ2v) is 5.97. The van der Waals surface area contributed by atoms with Crippen molar-refractivity contribution in [3.8, 4) is 0 Å². The lowest BCUT2D eigenvalue weighted by Crippen LogP contribution is -2.46. The number of hydrogen-bond acceptors (Lipinski definition) is 3. The monoisotopic (exact) mass is 283 g/mol. The molecule has 1 atom stereocenters. The van der Waals surface area contributed by atoms with Gasteiger partial charge in [-0.05, 0) is 44.5 Å². The molecule has 0 bridgehead atoms. The van der Waals surface area contributed by atoms with Crippen LogP contribution in [0.3, 0.4) is 0 Å². The quantitative estimate of drug-likeness (QED) is 0.913. The molecule has 2 heterocycles. The van der Waals surface area contributed by atoms with Crippen LogP contribution in [0.25, 0.3) is 10.9 Å². The van der Waals surface area contributed by atoms with Gasteiger partial charge >= 0.3 is 0 Å². The maximum Gasteiger partial charge on any atom is 0.0705 e. The predicted molar refractivity (Wildman–Crippen MR) is 88.3 cm³/mol. The highest BCUT2D eigenvalue weighted by atomic mass is 15.2. The first-order valence-corrected chi connectivity index (χ1v) is 8.16. The molecule has 3 nitrogen and oxygen atoms in total. The summed E-state index contributed by atoms with van der Waals surface area (Å²) < 4.78 is 0. The third kappa shape index (κ3) is 3.60. The first-order valence-electron chi connectivity index (χ1n) is 8.16. The number of para-hydroxylation sites is 1. The highest BCUT2D eigenvalue weighted by molar-refractivity contribution is 5.78. The lowest BCUT2D eigenvalue weighted by Gasteiger charge is -2.34. The normalized spacial score (nSPS) is 19.2. The number of fused-ring (bicyclic) bond motifs is 1. The summed E-state index contributed by atoms with van der Waals surface area (Å²) in [6.07, 6.45) is 3.79. The van der Waals surface area contributed by atoms with Crippen molar-refractivity contribution in [1.29, 1.82) is 0 Å². The van der Waals surface area contributed by atoms with Crippen molar-refractivity contribution in [2.24, 2.45) is 0 Å². The van der Waals surface area contributed by atoms with Crippen molar-refractivity contribution in [3.05, 3.63) is 42.1 Å². The van der Waals surface area contributed by atoms with Crippen molar-refractivity contribution in [2.75, 3.05) is 19.6 Å². The van der Waals surface area contributed by atoms with E-state index >= 15 is 0 Å². The Balaban J connectivity index is 1.76. The lowest BCUT2D eigenvalue weighted by atomic mass is 10.1. The summed E-state index contributed by atoms with van der Waals surface area (Å²) in [6.45, 7) is 6.67. The summed E-state index contributed by atoms with van der Waals surface area (Å²) in [5, 5.41) is 4.75. The Morgan fingerprint density at radius 3 is 2.95 bits per heavy atom. The number of nitrogens with one attached hydrogen (secondary N) is 1. The van der Waals surface area contributed by atoms with Gasteiger partial charge in [-0.3, -0.25) is 9.88 Å². The second-order valence-electron chi connectivity index (χ2n) is 5.97. The van der Waals surface area contributed by atoms with Crippen LogP contribution in [0.4, 0.5) is 0 Å². The van der Waals surface area contributed by atoms with E-state index in [-0.39, 0.29) is 0 Å². The van der Waals surface area contributed by atoms with Crippen LogP contribution in [0.5, 0.6) is 0 Å². The van der Waals surface area contributed by atoms with Gasteiger partial charge in [0.2, 0.25) is 0 Å². The minimum absolute atomic E-state index is 0.659. The van der Waals surface area contributed by atoms with Crippen LogP contribution >= 0.6 is 0 Å². The molecular weight excluding hydrogens is 258 g/mol. The van der Waals surface area contributed by atoms with E-state index in [0.717, 1.165) is 25.2 Å². The first kappa shape index (κ1) is 14.5. The highest BCUT2D eigenvalue weighted by Crippen LogP contribution is 2.17. The Bertz CT molecular complexity index is 575. The predicted octanol–water partition coefficient (Wildman–Crippen LogP) is 3.20. The maximum atomic E-state index is 4.83. The maximum absolute atomic E-state index is 4.83. The molecule has 21 heavy (non-hydrogen) atoms. The Labute approximate surface area is 127 Å². The van der Waals surface area contributed by atoms with E-state index in [2.05, 4.69) is 53.5 Å². The van der Waals surface area contributed by atoms with Gasteiger partial charge in [0.05, 0.1) is 11.2 Å². The molecule has 3 heteroatoms. The van der Waals surface area contributed by atoms with Gasteiger partial charge in [0.25, 0.3) is 0 Å². The topological polar surface area (TPSA) is 28.2 Å². The summed E-state index contributed by atoms with van der Waals surface area (Å²) in [5.41, 5.74) is 2.29. The molecule has 1 N–H and O–H groups in total. The molecule has 0 spiro atoms. The highest BCUT2D eigenvalue weighted by Gasteiger charge is 2.20. The summed E-state index contributed by atoms with van der Waals surface area (Å²) >= 11 is 0. The van der Waals surface area contributed by atoms with Gasteiger partial charge in [0.1, 0.15) is 0 Å². The number of pyridine rings is 1. The summed E-state index contributed by atoms with van der Waals surface area (Å²) in [5.74, 6) is 0. The summed E-state index contributed by atoms with van der Waals surface area (Å²) in [7, 11) is 0. The number of hydrogen-bond donors (Lipinski definition) is 1. The Kier molecular flexibility index (Phi) is 4.84. The number of rotatable bonds is 5. The minimum Gasteiger partial charge on any atom is -0.315 e. The lowest BCUT2D eigenvalue weighted by molar-refractivity contribution is 0.156. The van der Waals surface area contributed by atoms with E-state index in [0.29, 0.717) is 6.04 Å². The van der Waals surface area contributed by atoms with E-state index in [1.807, 2.05) is 0 Å². The van der Waals surface area contributed by atoms with Crippen LogP contribution < -0.4 is 5.32 Å². The van der Waals surface area contributed by atoms with Crippen LogP contribution in [0.2, 0.25) is 0 Å². The number of nitrogens with zero attached hydrogens (tertiary/aromatic N) is 2. The van der Waals surface area contributed by atoms with Crippen molar-refractivity contribution < 1.29 is 0 Å². The molecule has 1 unspecified atom stereocenters. The average Bonchev–Trinajstić information content (AvgIpc) is 2.55. The molecule has 3 rings (SSSR count). The van der Waals surface area contributed by atoms with Crippen LogP contribution in [-0.2, 0) is 6.54 Å². The zero-order chi connectivity index (χ0) is 14.5. The molecule has 1 aromatic carbocycles. The summed E-state index contributed by atoms with van der Waals surface area (Å²) in [6, 6.07) is 13.4. The molecule has 1 aromatic heterocycles. The van der Waals surface area contributed by atoms with E-state index in [1.165, 1.54) is 36.9 Å². The van der Waals surface area contributed by atoms with E-state index in [1.54, 1.807) is 0 Å². The third-order valence-electron chi connectivity index (χ3n) is 4.32. The summed E-state index contributed by atoms with van der Waals surface area (Å²) in [4.78, 5) is 7.43. The fourth-order valence-corrected chi connectivity index (χ4v) is 3.23. The molecule has 1 aliphatic heterocycles. The van der Waals surface area contributed by atoms with Crippen molar-refractivity contribution >= 4 is 10.9 Å². The fraction of sp³-hybridized carbons (Fsp3) is 0.500. The molecule has 0 aliphatic carbocycles. The van der Waals surface area contributed by atoms with Crippen molar-refractivity contribution in [3.63, 3.8) is 0 Å². The average molecular weight is 283 g/mol.